The molecule has 0 fully saturated rings. The zero-order valence-corrected chi connectivity index (χ0v) is 5.40. The molecule has 0 spiro atoms. The second-order valence-electron chi connectivity index (χ2n) is 1.35. The third-order valence-electron chi connectivity index (χ3n) is 0.817. The lowest BCUT2D eigenvalue weighted by molar-refractivity contribution is 1.38. The topological polar surface area (TPSA) is 15.8 Å². The predicted octanol–water partition coefficient (Wildman–Crippen LogP) is 1.91. The van der Waals surface area contributed by atoms with Crippen LogP contribution in [0.4, 0.5) is 0 Å². The average molecular weight is 160 g/mol. The van der Waals surface area contributed by atoms with Crippen molar-refractivity contribution in [1.82, 2.24) is 4.98 Å². The van der Waals surface area contributed by atoms with E-state index >= 15 is 0 Å². The van der Waals surface area contributed by atoms with E-state index in [1.54, 1.807) is 0 Å². The summed E-state index contributed by atoms with van der Waals surface area (Å²) in [5, 5.41) is 0.941. The summed E-state index contributed by atoms with van der Waals surface area (Å²) in [5.41, 5.74) is 1.29. The number of H-pyrrole nitrogens is 1. The zero-order chi connectivity index (χ0) is 5.11. The van der Waals surface area contributed by atoms with Gasteiger partial charge in [0.15, 0.2) is 0 Å². The van der Waals surface area contributed by atoms with Crippen molar-refractivity contribution >= 4 is 15.9 Å². The summed E-state index contributed by atoms with van der Waals surface area (Å²) >= 11 is 3.32. The van der Waals surface area contributed by atoms with Crippen molar-refractivity contribution in [2.75, 3.05) is 0 Å². The molecule has 0 saturated heterocycles. The first-order chi connectivity index (χ1) is 3.43. The van der Waals surface area contributed by atoms with Crippen molar-refractivity contribution in [3.05, 3.63) is 24.0 Å². The van der Waals surface area contributed by atoms with Crippen LogP contribution in [0, 0.1) is 0 Å². The molecule has 0 aliphatic rings. The largest absolute Gasteiger partial charge is 0.367 e. The standard InChI is InChI=1S/C5H6BrN/c6-3-5-1-2-7-4-5/h1-2,4,7H,3H2. The van der Waals surface area contributed by atoms with Crippen LogP contribution >= 0.6 is 15.9 Å². The van der Waals surface area contributed by atoms with Gasteiger partial charge in [-0.05, 0) is 11.6 Å². The fraction of sp³-hybridized carbons (Fsp3) is 0.200. The van der Waals surface area contributed by atoms with E-state index in [0.717, 1.165) is 5.33 Å². The van der Waals surface area contributed by atoms with E-state index in [1.807, 2.05) is 18.5 Å². The monoisotopic (exact) mass is 159 g/mol. The van der Waals surface area contributed by atoms with Gasteiger partial charge in [0, 0.05) is 17.7 Å². The summed E-state index contributed by atoms with van der Waals surface area (Å²) < 4.78 is 0. The molecule has 0 aliphatic heterocycles. The lowest BCUT2D eigenvalue weighted by Crippen LogP contribution is -1.62. The molecule has 0 atom stereocenters. The number of aromatic amines is 1. The normalized spacial score (nSPS) is 9.29. The molecular formula is C5H6BrN. The van der Waals surface area contributed by atoms with E-state index in [1.165, 1.54) is 5.56 Å². The predicted molar refractivity (Wildman–Crippen MR) is 33.4 cm³/mol. The molecule has 1 rings (SSSR count). The number of aromatic nitrogens is 1. The second-order valence-corrected chi connectivity index (χ2v) is 1.91. The second kappa shape index (κ2) is 2.17. The molecule has 38 valence electrons. The quantitative estimate of drug-likeness (QED) is 0.604. The number of alkyl halides is 1. The number of halogens is 1. The Kier molecular flexibility index (Phi) is 1.52. The van der Waals surface area contributed by atoms with E-state index < -0.39 is 0 Å². The van der Waals surface area contributed by atoms with Gasteiger partial charge in [-0.25, -0.2) is 0 Å². The zero-order valence-electron chi connectivity index (χ0n) is 3.82. The van der Waals surface area contributed by atoms with Gasteiger partial charge in [-0.15, -0.1) is 0 Å². The van der Waals surface area contributed by atoms with Crippen molar-refractivity contribution in [3.63, 3.8) is 0 Å². The molecule has 7 heavy (non-hydrogen) atoms. The Morgan fingerprint density at radius 2 is 2.57 bits per heavy atom. The van der Waals surface area contributed by atoms with Gasteiger partial charge in [-0.2, -0.15) is 0 Å². The Labute approximate surface area is 50.9 Å². The third kappa shape index (κ3) is 1.06. The minimum absolute atomic E-state index is 0.941. The summed E-state index contributed by atoms with van der Waals surface area (Å²) in [5.74, 6) is 0. The first-order valence-electron chi connectivity index (χ1n) is 2.11. The summed E-state index contributed by atoms with van der Waals surface area (Å²) in [6.07, 6.45) is 3.88. The van der Waals surface area contributed by atoms with E-state index in [4.69, 9.17) is 0 Å². The number of hydrogen-bond acceptors (Lipinski definition) is 0. The molecule has 0 amide bonds. The lowest BCUT2D eigenvalue weighted by atomic mass is 10.4. The van der Waals surface area contributed by atoms with Gasteiger partial charge in [-0.3, -0.25) is 0 Å². The molecule has 0 aliphatic carbocycles. The van der Waals surface area contributed by atoms with E-state index in [2.05, 4.69) is 20.9 Å². The molecule has 0 saturated carbocycles. The summed E-state index contributed by atoms with van der Waals surface area (Å²) in [7, 11) is 0. The van der Waals surface area contributed by atoms with Crippen molar-refractivity contribution in [3.8, 4) is 0 Å². The van der Waals surface area contributed by atoms with Crippen LogP contribution in [0.2, 0.25) is 0 Å². The Balaban J connectivity index is 2.76. The molecule has 1 heterocycles. The van der Waals surface area contributed by atoms with Crippen LogP contribution < -0.4 is 0 Å². The van der Waals surface area contributed by atoms with Crippen LogP contribution in [0.25, 0.3) is 0 Å². The van der Waals surface area contributed by atoms with Gasteiger partial charge in [-0.1, -0.05) is 15.9 Å². The Morgan fingerprint density at radius 1 is 1.71 bits per heavy atom. The lowest BCUT2D eigenvalue weighted by Gasteiger charge is -1.76. The fourth-order valence-corrected chi connectivity index (χ4v) is 0.790. The van der Waals surface area contributed by atoms with Crippen LogP contribution in [0.5, 0.6) is 0 Å². The Bertz CT molecular complexity index is 123. The highest BCUT2D eigenvalue weighted by atomic mass is 79.9. The van der Waals surface area contributed by atoms with Gasteiger partial charge >= 0.3 is 0 Å². The molecule has 1 nitrogen and oxygen atoms in total. The van der Waals surface area contributed by atoms with E-state index in [-0.39, 0.29) is 0 Å². The SMILES string of the molecule is BrCc1cc[nH]c1. The van der Waals surface area contributed by atoms with Gasteiger partial charge in [0.25, 0.3) is 0 Å². The molecule has 0 aromatic carbocycles. The Morgan fingerprint density at radius 3 is 2.86 bits per heavy atom. The summed E-state index contributed by atoms with van der Waals surface area (Å²) in [4.78, 5) is 2.95. The van der Waals surface area contributed by atoms with Crippen molar-refractivity contribution in [2.24, 2.45) is 0 Å². The molecule has 1 aromatic heterocycles. The van der Waals surface area contributed by atoms with Crippen LogP contribution in [-0.2, 0) is 5.33 Å². The molecular weight excluding hydrogens is 154 g/mol. The van der Waals surface area contributed by atoms with Crippen LogP contribution in [0.1, 0.15) is 5.56 Å². The molecule has 1 aromatic rings. The van der Waals surface area contributed by atoms with Crippen molar-refractivity contribution in [1.29, 1.82) is 0 Å². The molecule has 0 radical (unpaired) electrons. The highest BCUT2D eigenvalue weighted by molar-refractivity contribution is 9.08. The van der Waals surface area contributed by atoms with Crippen LogP contribution in [0.3, 0.4) is 0 Å². The molecule has 0 bridgehead atoms. The van der Waals surface area contributed by atoms with E-state index in [0.29, 0.717) is 0 Å². The maximum atomic E-state index is 3.32. The average Bonchev–Trinajstić information content (AvgIpc) is 2.14. The van der Waals surface area contributed by atoms with Crippen LogP contribution in [0.15, 0.2) is 18.5 Å². The third-order valence-corrected chi connectivity index (χ3v) is 1.46. The van der Waals surface area contributed by atoms with Gasteiger partial charge < -0.3 is 4.98 Å². The van der Waals surface area contributed by atoms with Crippen molar-refractivity contribution in [2.45, 2.75) is 5.33 Å². The van der Waals surface area contributed by atoms with Gasteiger partial charge in [0.05, 0.1) is 0 Å². The first-order valence-corrected chi connectivity index (χ1v) is 3.23. The Hall–Kier alpha value is -0.240. The summed E-state index contributed by atoms with van der Waals surface area (Å²) in [6.45, 7) is 0. The molecule has 2 heteroatoms. The maximum absolute atomic E-state index is 3.32. The van der Waals surface area contributed by atoms with Gasteiger partial charge in [0.2, 0.25) is 0 Å². The minimum atomic E-state index is 0.941. The number of hydrogen-bond donors (Lipinski definition) is 1. The maximum Gasteiger partial charge on any atom is 0.0297 e. The highest BCUT2D eigenvalue weighted by Crippen LogP contribution is 2.00. The first kappa shape index (κ1) is 4.91. The van der Waals surface area contributed by atoms with Crippen LogP contribution in [-0.4, -0.2) is 4.98 Å². The smallest absolute Gasteiger partial charge is 0.0297 e. The van der Waals surface area contributed by atoms with Gasteiger partial charge in [0.1, 0.15) is 0 Å². The summed E-state index contributed by atoms with van der Waals surface area (Å²) in [6, 6.07) is 2.04. The highest BCUT2D eigenvalue weighted by Gasteiger charge is 1.82. The fourth-order valence-electron chi connectivity index (χ4n) is 0.442. The van der Waals surface area contributed by atoms with Crippen molar-refractivity contribution < 1.29 is 0 Å². The molecule has 1 N–H and O–H groups in total. The van der Waals surface area contributed by atoms with E-state index in [9.17, 15) is 0 Å². The minimum Gasteiger partial charge on any atom is -0.367 e. The number of rotatable bonds is 1. The number of nitrogens with one attached hydrogen (secondary N) is 1. The molecule has 0 unspecified atom stereocenters.